The molecule has 0 unspecified atom stereocenters. The first kappa shape index (κ1) is 22.0. The van der Waals surface area contributed by atoms with Gasteiger partial charge in [-0.15, -0.1) is 0 Å². The molecule has 1 atom stereocenters. The lowest BCUT2D eigenvalue weighted by Gasteiger charge is -2.35. The maximum atomic E-state index is 12.8. The number of halogens is 1. The van der Waals surface area contributed by atoms with Gasteiger partial charge < -0.3 is 5.32 Å². The van der Waals surface area contributed by atoms with Gasteiger partial charge in [0, 0.05) is 31.2 Å². The van der Waals surface area contributed by atoms with Crippen LogP contribution in [0.4, 0.5) is 4.79 Å². The Balaban J connectivity index is 1.62. The summed E-state index contributed by atoms with van der Waals surface area (Å²) in [6, 6.07) is 5.80. The lowest BCUT2D eigenvalue weighted by Crippen LogP contribution is -2.53. The van der Waals surface area contributed by atoms with Crippen molar-refractivity contribution in [2.45, 2.75) is 37.6 Å². The van der Waals surface area contributed by atoms with Crippen LogP contribution >= 0.6 is 11.6 Å². The number of rotatable bonds is 6. The van der Waals surface area contributed by atoms with Gasteiger partial charge in [-0.3, -0.25) is 9.69 Å². The van der Waals surface area contributed by atoms with Crippen LogP contribution in [-0.4, -0.2) is 72.8 Å². The average molecular weight is 443 g/mol. The maximum Gasteiger partial charge on any atom is 0.326 e. The number of urea groups is 1. The number of piperazine rings is 1. The van der Waals surface area contributed by atoms with Crippen LogP contribution in [0, 0.1) is 5.92 Å². The maximum absolute atomic E-state index is 12.8. The predicted octanol–water partition coefficient (Wildman–Crippen LogP) is 1.96. The molecule has 1 aromatic rings. The number of nitrogens with one attached hydrogen (secondary N) is 1. The van der Waals surface area contributed by atoms with Crippen molar-refractivity contribution in [3.63, 3.8) is 0 Å². The second kappa shape index (κ2) is 8.22. The van der Waals surface area contributed by atoms with E-state index in [4.69, 9.17) is 11.6 Å². The molecule has 1 N–H and O–H groups in total. The molecule has 3 amide bonds. The third-order valence-corrected chi connectivity index (χ3v) is 7.40. The van der Waals surface area contributed by atoms with Crippen molar-refractivity contribution >= 4 is 33.6 Å². The molecule has 0 radical (unpaired) electrons. The highest BCUT2D eigenvalue weighted by Gasteiger charge is 2.48. The quantitative estimate of drug-likeness (QED) is 0.680. The zero-order valence-electron chi connectivity index (χ0n) is 16.9. The molecule has 2 aliphatic heterocycles. The number of carbonyl (C=O) groups excluding carboxylic acids is 2. The van der Waals surface area contributed by atoms with E-state index in [9.17, 15) is 18.0 Å². The molecule has 160 valence electrons. The van der Waals surface area contributed by atoms with Crippen LogP contribution < -0.4 is 5.32 Å². The molecule has 2 heterocycles. The highest BCUT2D eigenvalue weighted by Crippen LogP contribution is 2.26. The highest BCUT2D eigenvalue weighted by atomic mass is 35.5. The Hall–Kier alpha value is -1.68. The Morgan fingerprint density at radius 2 is 1.83 bits per heavy atom. The largest absolute Gasteiger partial charge is 0.326 e. The van der Waals surface area contributed by atoms with Crippen molar-refractivity contribution in [1.29, 1.82) is 0 Å². The summed E-state index contributed by atoms with van der Waals surface area (Å²) in [6.07, 6.45) is 0.569. The average Bonchev–Trinajstić information content (AvgIpc) is 2.84. The predicted molar refractivity (Wildman–Crippen MR) is 110 cm³/mol. The van der Waals surface area contributed by atoms with Gasteiger partial charge in [0.1, 0.15) is 5.54 Å². The first-order valence-electron chi connectivity index (χ1n) is 9.65. The van der Waals surface area contributed by atoms with E-state index in [1.54, 1.807) is 19.1 Å². The standard InChI is InChI=1S/C19H27ClN4O4S/c1-14(2)12-19(3)17(25)24(18(26)21-19)13-22-7-9-23(10-8-22)29(27,28)16-6-4-5-15(20)11-16/h4-6,11,14H,7-10,12-13H2,1-3H3,(H,21,26)/t19-/m1/s1. The Morgan fingerprint density at radius 3 is 2.41 bits per heavy atom. The number of carbonyl (C=O) groups is 2. The fourth-order valence-corrected chi connectivity index (χ4v) is 5.64. The Bertz CT molecular complexity index is 899. The summed E-state index contributed by atoms with van der Waals surface area (Å²) < 4.78 is 27.0. The summed E-state index contributed by atoms with van der Waals surface area (Å²) in [6.45, 7) is 7.34. The number of imide groups is 1. The molecule has 2 saturated heterocycles. The molecule has 3 rings (SSSR count). The monoisotopic (exact) mass is 442 g/mol. The summed E-state index contributed by atoms with van der Waals surface area (Å²) in [7, 11) is -3.63. The van der Waals surface area contributed by atoms with Crippen LogP contribution in [0.15, 0.2) is 29.2 Å². The number of hydrogen-bond acceptors (Lipinski definition) is 5. The summed E-state index contributed by atoms with van der Waals surface area (Å²) in [5.41, 5.74) is -0.886. The molecule has 0 bridgehead atoms. The summed E-state index contributed by atoms with van der Waals surface area (Å²) >= 11 is 5.92. The molecule has 8 nitrogen and oxygen atoms in total. The minimum Gasteiger partial charge on any atom is -0.323 e. The molecule has 0 aliphatic carbocycles. The zero-order chi connectivity index (χ0) is 21.4. The lowest BCUT2D eigenvalue weighted by molar-refractivity contribution is -0.133. The number of sulfonamides is 1. The van der Waals surface area contributed by atoms with Crippen LogP contribution in [0.25, 0.3) is 0 Å². The van der Waals surface area contributed by atoms with E-state index in [2.05, 4.69) is 5.32 Å². The van der Waals surface area contributed by atoms with Crippen LogP contribution in [0.3, 0.4) is 0 Å². The fraction of sp³-hybridized carbons (Fsp3) is 0.579. The van der Waals surface area contributed by atoms with Crippen LogP contribution in [0.2, 0.25) is 5.02 Å². The second-order valence-electron chi connectivity index (χ2n) is 8.21. The van der Waals surface area contributed by atoms with Gasteiger partial charge in [0.2, 0.25) is 10.0 Å². The van der Waals surface area contributed by atoms with Gasteiger partial charge in [-0.2, -0.15) is 4.31 Å². The van der Waals surface area contributed by atoms with E-state index >= 15 is 0 Å². The van der Waals surface area contributed by atoms with Crippen molar-refractivity contribution < 1.29 is 18.0 Å². The number of amides is 3. The van der Waals surface area contributed by atoms with Crippen LogP contribution in [0.5, 0.6) is 0 Å². The number of benzene rings is 1. The SMILES string of the molecule is CC(C)C[C@@]1(C)NC(=O)N(CN2CCN(S(=O)(=O)c3cccc(Cl)c3)CC2)C1=O. The molecular weight excluding hydrogens is 416 g/mol. The molecule has 2 aliphatic rings. The van der Waals surface area contributed by atoms with E-state index in [0.29, 0.717) is 24.5 Å². The van der Waals surface area contributed by atoms with Crippen molar-refractivity contribution in [2.24, 2.45) is 5.92 Å². The topological polar surface area (TPSA) is 90.0 Å². The zero-order valence-corrected chi connectivity index (χ0v) is 18.5. The lowest BCUT2D eigenvalue weighted by atomic mass is 9.91. The van der Waals surface area contributed by atoms with E-state index in [0.717, 1.165) is 0 Å². The van der Waals surface area contributed by atoms with Gasteiger partial charge in [-0.25, -0.2) is 18.1 Å². The van der Waals surface area contributed by atoms with Crippen LogP contribution in [0.1, 0.15) is 27.2 Å². The Labute approximate surface area is 176 Å². The molecule has 0 saturated carbocycles. The second-order valence-corrected chi connectivity index (χ2v) is 10.6. The minimum absolute atomic E-state index is 0.156. The number of hydrogen-bond donors (Lipinski definition) is 1. The first-order valence-corrected chi connectivity index (χ1v) is 11.5. The van der Waals surface area contributed by atoms with Gasteiger partial charge in [0.15, 0.2) is 0 Å². The van der Waals surface area contributed by atoms with Crippen molar-refractivity contribution in [1.82, 2.24) is 19.4 Å². The van der Waals surface area contributed by atoms with Crippen LogP contribution in [-0.2, 0) is 14.8 Å². The fourth-order valence-electron chi connectivity index (χ4n) is 3.92. The van der Waals surface area contributed by atoms with Crippen molar-refractivity contribution in [2.75, 3.05) is 32.8 Å². The Morgan fingerprint density at radius 1 is 1.17 bits per heavy atom. The summed E-state index contributed by atoms with van der Waals surface area (Å²) in [5, 5.41) is 3.17. The van der Waals surface area contributed by atoms with E-state index in [-0.39, 0.29) is 36.5 Å². The smallest absolute Gasteiger partial charge is 0.323 e. The van der Waals surface area contributed by atoms with Gasteiger partial charge in [-0.05, 0) is 37.5 Å². The van der Waals surface area contributed by atoms with E-state index in [1.807, 2.05) is 18.7 Å². The summed E-state index contributed by atoms with van der Waals surface area (Å²) in [5.74, 6) is 0.0367. The molecule has 10 heteroatoms. The minimum atomic E-state index is -3.63. The normalized spacial score (nSPS) is 24.4. The van der Waals surface area contributed by atoms with E-state index in [1.165, 1.54) is 21.3 Å². The Kier molecular flexibility index (Phi) is 6.24. The molecule has 0 spiro atoms. The first-order chi connectivity index (χ1) is 13.5. The third-order valence-electron chi connectivity index (χ3n) is 5.27. The molecule has 29 heavy (non-hydrogen) atoms. The van der Waals surface area contributed by atoms with Gasteiger partial charge >= 0.3 is 6.03 Å². The van der Waals surface area contributed by atoms with Crippen molar-refractivity contribution in [3.05, 3.63) is 29.3 Å². The number of nitrogens with zero attached hydrogens (tertiary/aromatic N) is 3. The molecule has 1 aromatic carbocycles. The van der Waals surface area contributed by atoms with Gasteiger partial charge in [0.25, 0.3) is 5.91 Å². The van der Waals surface area contributed by atoms with Gasteiger partial charge in [0.05, 0.1) is 11.6 Å². The molecule has 0 aromatic heterocycles. The van der Waals surface area contributed by atoms with E-state index < -0.39 is 21.6 Å². The van der Waals surface area contributed by atoms with Crippen molar-refractivity contribution in [3.8, 4) is 0 Å². The highest BCUT2D eigenvalue weighted by molar-refractivity contribution is 7.89. The third kappa shape index (κ3) is 4.58. The molecule has 2 fully saturated rings. The molecular formula is C19H27ClN4O4S. The van der Waals surface area contributed by atoms with Gasteiger partial charge in [-0.1, -0.05) is 31.5 Å². The summed E-state index contributed by atoms with van der Waals surface area (Å²) in [4.78, 5) is 28.4.